The standard InChI is InChI=1S/C34H35N5O8S/c1-37-15-17-38(18-16-37)34(43)46-20-24-21-48-32-27(35-30(40)26(36-44-2)25-14-9-19-45-25)31(41)39(32)28(24)33(42)47-29(22-10-5-3-6-11-22)23-12-7-4-8-13-23/h3-14,19,27,29,32H,15-18,20-21H2,1-2H3,(H,35,40)/t27?,32-/m1/s1. The molecule has 1 N–H and O–H groups in total. The number of hydrogen-bond acceptors (Lipinski definition) is 11. The maximum atomic E-state index is 14.2. The van der Waals surface area contributed by atoms with E-state index in [-0.39, 0.29) is 29.5 Å². The molecular weight excluding hydrogens is 638 g/mol. The van der Waals surface area contributed by atoms with Crippen LogP contribution in [-0.2, 0) is 28.7 Å². The van der Waals surface area contributed by atoms with Gasteiger partial charge in [0.15, 0.2) is 11.9 Å². The van der Waals surface area contributed by atoms with Crippen LogP contribution < -0.4 is 5.32 Å². The van der Waals surface area contributed by atoms with E-state index in [0.29, 0.717) is 18.7 Å². The first-order chi connectivity index (χ1) is 23.4. The van der Waals surface area contributed by atoms with E-state index in [2.05, 4.69) is 15.4 Å². The van der Waals surface area contributed by atoms with Gasteiger partial charge in [-0.15, -0.1) is 11.8 Å². The van der Waals surface area contributed by atoms with Crippen LogP contribution in [0.4, 0.5) is 4.79 Å². The number of β-lactam (4-membered cyclic amide) rings is 1. The molecule has 0 aliphatic carbocycles. The molecule has 4 heterocycles. The van der Waals surface area contributed by atoms with E-state index < -0.39 is 41.4 Å². The van der Waals surface area contributed by atoms with Crippen molar-refractivity contribution in [3.8, 4) is 0 Å². The molecule has 0 saturated carbocycles. The Balaban J connectivity index is 1.26. The van der Waals surface area contributed by atoms with Gasteiger partial charge in [-0.3, -0.25) is 14.5 Å². The van der Waals surface area contributed by atoms with Crippen molar-refractivity contribution in [1.82, 2.24) is 20.0 Å². The Labute approximate surface area is 281 Å². The number of likely N-dealkylation sites (N-methyl/N-ethyl adjacent to an activating group) is 1. The minimum Gasteiger partial charge on any atom is -0.462 e. The fourth-order valence-electron chi connectivity index (χ4n) is 5.67. The minimum atomic E-state index is -0.976. The second-order valence-electron chi connectivity index (χ2n) is 11.4. The number of benzene rings is 2. The fourth-order valence-corrected chi connectivity index (χ4v) is 7.00. The van der Waals surface area contributed by atoms with Crippen molar-refractivity contribution < 1.29 is 37.9 Å². The number of ether oxygens (including phenoxy) is 2. The van der Waals surface area contributed by atoms with Crippen molar-refractivity contribution in [2.75, 3.05) is 52.7 Å². The van der Waals surface area contributed by atoms with Crippen molar-refractivity contribution in [2.24, 2.45) is 5.16 Å². The highest BCUT2D eigenvalue weighted by Gasteiger charge is 2.55. The molecule has 250 valence electrons. The number of piperazine rings is 1. The van der Waals surface area contributed by atoms with Crippen LogP contribution in [-0.4, -0.2) is 108 Å². The number of fused-ring (bicyclic) bond motifs is 1. The first-order valence-electron chi connectivity index (χ1n) is 15.4. The number of oxime groups is 1. The van der Waals surface area contributed by atoms with E-state index in [9.17, 15) is 19.2 Å². The molecule has 1 aromatic heterocycles. The van der Waals surface area contributed by atoms with Gasteiger partial charge in [0.05, 0.1) is 6.26 Å². The summed E-state index contributed by atoms with van der Waals surface area (Å²) in [4.78, 5) is 64.0. The van der Waals surface area contributed by atoms with Crippen LogP contribution >= 0.6 is 11.8 Å². The van der Waals surface area contributed by atoms with Gasteiger partial charge in [-0.1, -0.05) is 65.8 Å². The highest BCUT2D eigenvalue weighted by atomic mass is 32.2. The van der Waals surface area contributed by atoms with Crippen LogP contribution in [0.3, 0.4) is 0 Å². The average molecular weight is 674 g/mol. The predicted octanol–water partition coefficient (Wildman–Crippen LogP) is 3.00. The first kappa shape index (κ1) is 32.8. The van der Waals surface area contributed by atoms with E-state index in [1.54, 1.807) is 17.0 Å². The highest BCUT2D eigenvalue weighted by molar-refractivity contribution is 8.00. The van der Waals surface area contributed by atoms with E-state index in [1.807, 2.05) is 67.7 Å². The van der Waals surface area contributed by atoms with Crippen molar-refractivity contribution in [3.05, 3.63) is 107 Å². The summed E-state index contributed by atoms with van der Waals surface area (Å²) in [6, 6.07) is 20.7. The zero-order valence-electron chi connectivity index (χ0n) is 26.4. The molecule has 48 heavy (non-hydrogen) atoms. The van der Waals surface area contributed by atoms with Gasteiger partial charge >= 0.3 is 12.1 Å². The van der Waals surface area contributed by atoms with Crippen molar-refractivity contribution in [1.29, 1.82) is 0 Å². The molecule has 3 amide bonds. The van der Waals surface area contributed by atoms with Crippen molar-refractivity contribution in [2.45, 2.75) is 17.5 Å². The topological polar surface area (TPSA) is 143 Å². The smallest absolute Gasteiger partial charge is 0.410 e. The molecular formula is C34H35N5O8S. The van der Waals surface area contributed by atoms with Gasteiger partial charge in [-0.25, -0.2) is 9.59 Å². The molecule has 2 atom stereocenters. The van der Waals surface area contributed by atoms with Gasteiger partial charge in [-0.05, 0) is 30.3 Å². The van der Waals surface area contributed by atoms with Gasteiger partial charge in [0, 0.05) is 37.5 Å². The summed E-state index contributed by atoms with van der Waals surface area (Å²) in [5.41, 5.74) is 1.76. The average Bonchev–Trinajstić information content (AvgIpc) is 3.66. The number of amides is 3. The maximum Gasteiger partial charge on any atom is 0.410 e. The van der Waals surface area contributed by atoms with E-state index in [1.165, 1.54) is 30.0 Å². The third-order valence-electron chi connectivity index (χ3n) is 8.24. The van der Waals surface area contributed by atoms with Gasteiger partial charge < -0.3 is 33.8 Å². The second-order valence-corrected chi connectivity index (χ2v) is 12.5. The lowest BCUT2D eigenvalue weighted by Crippen LogP contribution is -2.71. The number of nitrogens with one attached hydrogen (secondary N) is 1. The normalized spacial score (nSPS) is 19.8. The highest BCUT2D eigenvalue weighted by Crippen LogP contribution is 2.42. The van der Waals surface area contributed by atoms with Crippen LogP contribution in [0.5, 0.6) is 0 Å². The molecule has 3 aromatic rings. The Morgan fingerprint density at radius 3 is 2.25 bits per heavy atom. The van der Waals surface area contributed by atoms with Gasteiger partial charge in [0.2, 0.25) is 5.71 Å². The Morgan fingerprint density at radius 2 is 1.65 bits per heavy atom. The molecule has 0 radical (unpaired) electrons. The molecule has 0 bridgehead atoms. The summed E-state index contributed by atoms with van der Waals surface area (Å²) in [5.74, 6) is -1.55. The number of carbonyl (C=O) groups is 4. The lowest BCUT2D eigenvalue weighted by molar-refractivity contribution is -0.154. The zero-order chi connectivity index (χ0) is 33.6. The molecule has 3 aliphatic rings. The molecule has 14 heteroatoms. The molecule has 2 fully saturated rings. The number of carbonyl (C=O) groups excluding carboxylic acids is 4. The number of rotatable bonds is 10. The third kappa shape index (κ3) is 6.94. The zero-order valence-corrected chi connectivity index (χ0v) is 27.3. The molecule has 13 nitrogen and oxygen atoms in total. The Kier molecular flexibility index (Phi) is 10.1. The molecule has 3 aliphatic heterocycles. The summed E-state index contributed by atoms with van der Waals surface area (Å²) in [7, 11) is 3.28. The van der Waals surface area contributed by atoms with Crippen LogP contribution in [0.15, 0.2) is 99.9 Å². The van der Waals surface area contributed by atoms with Crippen LogP contribution in [0.2, 0.25) is 0 Å². The maximum absolute atomic E-state index is 14.2. The Bertz CT molecular complexity index is 1650. The monoisotopic (exact) mass is 673 g/mol. The summed E-state index contributed by atoms with van der Waals surface area (Å²) in [5, 5.41) is 5.86. The minimum absolute atomic E-state index is 0.00546. The third-order valence-corrected chi connectivity index (χ3v) is 9.58. The largest absolute Gasteiger partial charge is 0.462 e. The molecule has 2 saturated heterocycles. The van der Waals surface area contributed by atoms with E-state index >= 15 is 0 Å². The van der Waals surface area contributed by atoms with Gasteiger partial charge in [-0.2, -0.15) is 0 Å². The van der Waals surface area contributed by atoms with Crippen LogP contribution in [0, 0.1) is 0 Å². The van der Waals surface area contributed by atoms with Gasteiger partial charge in [0.1, 0.15) is 30.8 Å². The Hall–Kier alpha value is -5.08. The van der Waals surface area contributed by atoms with E-state index in [4.69, 9.17) is 18.7 Å². The first-order valence-corrected chi connectivity index (χ1v) is 16.4. The predicted molar refractivity (Wildman–Crippen MR) is 176 cm³/mol. The van der Waals surface area contributed by atoms with Gasteiger partial charge in [0.25, 0.3) is 11.8 Å². The number of esters is 1. The number of furan rings is 1. The summed E-state index contributed by atoms with van der Waals surface area (Å²) >= 11 is 1.34. The summed E-state index contributed by atoms with van der Waals surface area (Å²) in [6.45, 7) is 2.28. The SMILES string of the molecule is CON=C(C(=O)NC1C(=O)N2C(C(=O)OC(c3ccccc3)c3ccccc3)=C(COC(=O)N3CCN(C)CC3)CS[C@H]12)c1ccco1. The Morgan fingerprint density at radius 1 is 0.979 bits per heavy atom. The quantitative estimate of drug-likeness (QED) is 0.148. The van der Waals surface area contributed by atoms with Crippen molar-refractivity contribution in [3.63, 3.8) is 0 Å². The van der Waals surface area contributed by atoms with E-state index in [0.717, 1.165) is 24.2 Å². The van der Waals surface area contributed by atoms with Crippen LogP contribution in [0.25, 0.3) is 0 Å². The molecule has 0 spiro atoms. The molecule has 1 unspecified atom stereocenters. The fraction of sp³-hybridized carbons (Fsp3) is 0.324. The van der Waals surface area contributed by atoms with Crippen molar-refractivity contribution >= 4 is 41.4 Å². The van der Waals surface area contributed by atoms with Crippen LogP contribution in [0.1, 0.15) is 23.0 Å². The number of nitrogens with zero attached hydrogens (tertiary/aromatic N) is 4. The second kappa shape index (κ2) is 14.8. The molecule has 6 rings (SSSR count). The lowest BCUT2D eigenvalue weighted by Gasteiger charge is -2.49. The molecule has 2 aromatic carbocycles. The summed E-state index contributed by atoms with van der Waals surface area (Å²) in [6.07, 6.45) is 0.118. The number of hydrogen-bond donors (Lipinski definition) is 1. The summed E-state index contributed by atoms with van der Waals surface area (Å²) < 4.78 is 17.2. The lowest BCUT2D eigenvalue weighted by atomic mass is 10.0. The number of thioether (sulfide) groups is 1.